The maximum atomic E-state index is 10.7. The van der Waals surface area contributed by atoms with Crippen molar-refractivity contribution in [2.75, 3.05) is 7.11 Å². The number of aryl methyl sites for hydroxylation is 1. The largest absolute Gasteiger partial charge is 0.497 e. The van der Waals surface area contributed by atoms with Gasteiger partial charge in [-0.1, -0.05) is 17.3 Å². The number of hydrogen-bond acceptors (Lipinski definition) is 4. The van der Waals surface area contributed by atoms with Crippen molar-refractivity contribution in [3.63, 3.8) is 0 Å². The Morgan fingerprint density at radius 3 is 2.89 bits per heavy atom. The third-order valence-corrected chi connectivity index (χ3v) is 3.05. The molecule has 0 amide bonds. The molecule has 1 unspecified atom stereocenters. The Balaban J connectivity index is 2.46. The van der Waals surface area contributed by atoms with Crippen LogP contribution in [0.15, 0.2) is 30.5 Å². The molecule has 0 bridgehead atoms. The van der Waals surface area contributed by atoms with Crippen molar-refractivity contribution >= 4 is 0 Å². The van der Waals surface area contributed by atoms with Gasteiger partial charge in [-0.15, -0.1) is 5.10 Å². The van der Waals surface area contributed by atoms with Gasteiger partial charge in [-0.25, -0.2) is 4.68 Å². The summed E-state index contributed by atoms with van der Waals surface area (Å²) in [6.45, 7) is 4.35. The van der Waals surface area contributed by atoms with Crippen LogP contribution in [-0.2, 0) is 12.1 Å². The standard InChI is InChI=1S/C13H17N3O2/c1-4-16-12(9-14-15-16)13(2,17)10-6-5-7-11(8-10)18-3/h5-9,17H,4H2,1-3H3. The van der Waals surface area contributed by atoms with Gasteiger partial charge in [0.2, 0.25) is 0 Å². The number of methoxy groups -OCH3 is 1. The molecule has 0 aliphatic heterocycles. The van der Waals surface area contributed by atoms with Crippen LogP contribution in [0.3, 0.4) is 0 Å². The van der Waals surface area contributed by atoms with Gasteiger partial charge in [-0.2, -0.15) is 0 Å². The molecule has 5 nitrogen and oxygen atoms in total. The van der Waals surface area contributed by atoms with Gasteiger partial charge in [-0.3, -0.25) is 0 Å². The lowest BCUT2D eigenvalue weighted by Crippen LogP contribution is -2.26. The average molecular weight is 247 g/mol. The van der Waals surface area contributed by atoms with Crippen LogP contribution in [0.25, 0.3) is 0 Å². The molecule has 18 heavy (non-hydrogen) atoms. The quantitative estimate of drug-likeness (QED) is 0.890. The van der Waals surface area contributed by atoms with E-state index in [9.17, 15) is 5.11 Å². The summed E-state index contributed by atoms with van der Waals surface area (Å²) in [6, 6.07) is 7.36. The van der Waals surface area contributed by atoms with Crippen molar-refractivity contribution in [1.82, 2.24) is 15.0 Å². The summed E-state index contributed by atoms with van der Waals surface area (Å²) in [4.78, 5) is 0. The van der Waals surface area contributed by atoms with E-state index in [0.29, 0.717) is 18.0 Å². The van der Waals surface area contributed by atoms with Crippen LogP contribution in [0.1, 0.15) is 25.1 Å². The van der Waals surface area contributed by atoms with Gasteiger partial charge in [0, 0.05) is 6.54 Å². The Bertz CT molecular complexity index is 535. The maximum Gasteiger partial charge on any atom is 0.130 e. The van der Waals surface area contributed by atoms with Gasteiger partial charge < -0.3 is 9.84 Å². The highest BCUT2D eigenvalue weighted by atomic mass is 16.5. The predicted molar refractivity (Wildman–Crippen MR) is 67.4 cm³/mol. The number of ether oxygens (including phenoxy) is 1. The first-order chi connectivity index (χ1) is 8.59. The van der Waals surface area contributed by atoms with E-state index in [-0.39, 0.29) is 0 Å². The van der Waals surface area contributed by atoms with Crippen molar-refractivity contribution in [2.24, 2.45) is 0 Å². The first-order valence-electron chi connectivity index (χ1n) is 5.85. The normalized spacial score (nSPS) is 14.2. The van der Waals surface area contributed by atoms with Gasteiger partial charge in [-0.05, 0) is 31.5 Å². The number of nitrogens with zero attached hydrogens (tertiary/aromatic N) is 3. The molecule has 1 atom stereocenters. The van der Waals surface area contributed by atoms with E-state index in [0.717, 1.165) is 5.56 Å². The minimum absolute atomic E-state index is 0.662. The molecular weight excluding hydrogens is 230 g/mol. The lowest BCUT2D eigenvalue weighted by molar-refractivity contribution is 0.0915. The Kier molecular flexibility index (Phi) is 3.34. The second-order valence-corrected chi connectivity index (χ2v) is 4.24. The number of hydrogen-bond donors (Lipinski definition) is 1. The Hall–Kier alpha value is -1.88. The van der Waals surface area contributed by atoms with Gasteiger partial charge >= 0.3 is 0 Å². The molecule has 1 N–H and O–H groups in total. The van der Waals surface area contributed by atoms with E-state index in [1.807, 2.05) is 31.2 Å². The second kappa shape index (κ2) is 4.78. The van der Waals surface area contributed by atoms with Crippen molar-refractivity contribution in [2.45, 2.75) is 26.0 Å². The van der Waals surface area contributed by atoms with Crippen LogP contribution < -0.4 is 4.74 Å². The molecule has 0 spiro atoms. The van der Waals surface area contributed by atoms with Crippen molar-refractivity contribution in [3.05, 3.63) is 41.7 Å². The zero-order valence-corrected chi connectivity index (χ0v) is 10.8. The molecule has 2 rings (SSSR count). The SMILES string of the molecule is CCn1nncc1C(C)(O)c1cccc(OC)c1. The smallest absolute Gasteiger partial charge is 0.130 e. The Morgan fingerprint density at radius 1 is 1.44 bits per heavy atom. The molecule has 5 heteroatoms. The molecular formula is C13H17N3O2. The third kappa shape index (κ3) is 2.09. The van der Waals surface area contributed by atoms with Crippen LogP contribution in [0.4, 0.5) is 0 Å². The molecule has 0 aliphatic rings. The van der Waals surface area contributed by atoms with Crippen LogP contribution in [0.5, 0.6) is 5.75 Å². The first kappa shape index (κ1) is 12.6. The fourth-order valence-corrected chi connectivity index (χ4v) is 1.94. The van der Waals surface area contributed by atoms with Crippen LogP contribution in [0, 0.1) is 0 Å². The maximum absolute atomic E-state index is 10.7. The van der Waals surface area contributed by atoms with Gasteiger partial charge in [0.25, 0.3) is 0 Å². The molecule has 0 radical (unpaired) electrons. The molecule has 1 heterocycles. The van der Waals surface area contributed by atoms with Crippen molar-refractivity contribution < 1.29 is 9.84 Å². The van der Waals surface area contributed by atoms with E-state index >= 15 is 0 Å². The molecule has 1 aromatic carbocycles. The summed E-state index contributed by atoms with van der Waals surface area (Å²) in [5, 5.41) is 18.5. The number of benzene rings is 1. The fraction of sp³-hybridized carbons (Fsp3) is 0.385. The first-order valence-corrected chi connectivity index (χ1v) is 5.85. The zero-order chi connectivity index (χ0) is 13.2. The lowest BCUT2D eigenvalue weighted by atomic mass is 9.92. The summed E-state index contributed by atoms with van der Waals surface area (Å²) >= 11 is 0. The Morgan fingerprint density at radius 2 is 2.22 bits per heavy atom. The minimum Gasteiger partial charge on any atom is -0.497 e. The lowest BCUT2D eigenvalue weighted by Gasteiger charge is -2.24. The number of rotatable bonds is 4. The average Bonchev–Trinajstić information content (AvgIpc) is 2.88. The number of aromatic nitrogens is 3. The fourth-order valence-electron chi connectivity index (χ4n) is 1.94. The summed E-state index contributed by atoms with van der Waals surface area (Å²) < 4.78 is 6.85. The zero-order valence-electron chi connectivity index (χ0n) is 10.8. The van der Waals surface area contributed by atoms with Crippen molar-refractivity contribution in [3.8, 4) is 5.75 Å². The minimum atomic E-state index is -1.14. The number of aliphatic hydroxyl groups is 1. The van der Waals surface area contributed by atoms with Gasteiger partial charge in [0.1, 0.15) is 11.4 Å². The summed E-state index contributed by atoms with van der Waals surface area (Å²) in [6.07, 6.45) is 1.59. The van der Waals surface area contributed by atoms with Crippen LogP contribution in [0.2, 0.25) is 0 Å². The third-order valence-electron chi connectivity index (χ3n) is 3.05. The molecule has 1 aromatic heterocycles. The van der Waals surface area contributed by atoms with Gasteiger partial charge in [0.05, 0.1) is 19.0 Å². The summed E-state index contributed by atoms with van der Waals surface area (Å²) in [5.41, 5.74) is 0.269. The Labute approximate surface area is 106 Å². The van der Waals surface area contributed by atoms with E-state index in [1.165, 1.54) is 0 Å². The second-order valence-electron chi connectivity index (χ2n) is 4.24. The highest BCUT2D eigenvalue weighted by Gasteiger charge is 2.30. The molecule has 0 saturated heterocycles. The predicted octanol–water partition coefficient (Wildman–Crippen LogP) is 1.56. The van der Waals surface area contributed by atoms with E-state index in [4.69, 9.17) is 4.74 Å². The van der Waals surface area contributed by atoms with E-state index < -0.39 is 5.60 Å². The van der Waals surface area contributed by atoms with Gasteiger partial charge in [0.15, 0.2) is 0 Å². The monoisotopic (exact) mass is 247 g/mol. The highest BCUT2D eigenvalue weighted by molar-refractivity contribution is 5.36. The molecule has 96 valence electrons. The molecule has 0 fully saturated rings. The highest BCUT2D eigenvalue weighted by Crippen LogP contribution is 2.30. The topological polar surface area (TPSA) is 60.2 Å². The summed E-state index contributed by atoms with van der Waals surface area (Å²) in [5.74, 6) is 0.711. The molecule has 2 aromatic rings. The van der Waals surface area contributed by atoms with E-state index in [1.54, 1.807) is 24.9 Å². The molecule has 0 saturated carbocycles. The molecule has 0 aliphatic carbocycles. The van der Waals surface area contributed by atoms with Crippen LogP contribution in [-0.4, -0.2) is 27.2 Å². The van der Waals surface area contributed by atoms with Crippen molar-refractivity contribution in [1.29, 1.82) is 0 Å². The summed E-state index contributed by atoms with van der Waals surface area (Å²) in [7, 11) is 1.60. The van der Waals surface area contributed by atoms with E-state index in [2.05, 4.69) is 10.3 Å². The van der Waals surface area contributed by atoms with Crippen LogP contribution >= 0.6 is 0 Å².